The number of alkyl carbamates (subject to hydrolysis) is 1. The summed E-state index contributed by atoms with van der Waals surface area (Å²) in [4.78, 5) is 23.4. The Morgan fingerprint density at radius 1 is 1.08 bits per heavy atom. The average Bonchev–Trinajstić information content (AvgIpc) is 2.97. The Hall–Kier alpha value is -2.82. The largest absolute Gasteiger partial charge is 0.548 e. The number of hydrogen-bond donors (Lipinski definition) is 1. The van der Waals surface area contributed by atoms with Crippen LogP contribution in [0.3, 0.4) is 0 Å². The molecule has 3 rings (SSSR count). The first-order valence-electron chi connectivity index (χ1n) is 8.85. The fourth-order valence-electron chi connectivity index (χ4n) is 3.44. The van der Waals surface area contributed by atoms with Crippen LogP contribution < -0.4 is 10.4 Å². The summed E-state index contributed by atoms with van der Waals surface area (Å²) in [5.74, 6) is -1.59. The van der Waals surface area contributed by atoms with Gasteiger partial charge in [0.05, 0.1) is 12.0 Å². The Balaban J connectivity index is 1.72. The number of benzene rings is 2. The van der Waals surface area contributed by atoms with Crippen molar-refractivity contribution < 1.29 is 19.4 Å². The number of carboxylic acid groups (broad SMARTS) is 1. The van der Waals surface area contributed by atoms with E-state index in [1.54, 1.807) is 6.92 Å². The summed E-state index contributed by atoms with van der Waals surface area (Å²) in [7, 11) is 0. The van der Waals surface area contributed by atoms with Crippen molar-refractivity contribution in [2.45, 2.75) is 32.2 Å². The Morgan fingerprint density at radius 2 is 1.62 bits per heavy atom. The molecular formula is C21H22NO4-. The minimum Gasteiger partial charge on any atom is -0.548 e. The Bertz CT molecular complexity index is 772. The molecule has 0 heterocycles. The lowest BCUT2D eigenvalue weighted by Crippen LogP contribution is -2.51. The van der Waals surface area contributed by atoms with Crippen LogP contribution in [0.4, 0.5) is 4.79 Å². The number of carbonyl (C=O) groups is 2. The number of carbonyl (C=O) groups excluding carboxylic acids is 2. The van der Waals surface area contributed by atoms with Crippen LogP contribution in [0.25, 0.3) is 11.1 Å². The molecule has 2 aromatic carbocycles. The van der Waals surface area contributed by atoms with Crippen LogP contribution in [-0.2, 0) is 9.53 Å². The van der Waals surface area contributed by atoms with Crippen molar-refractivity contribution in [1.29, 1.82) is 0 Å². The van der Waals surface area contributed by atoms with E-state index in [0.29, 0.717) is 6.42 Å². The maximum atomic E-state index is 12.1. The van der Waals surface area contributed by atoms with Crippen LogP contribution in [0.1, 0.15) is 37.3 Å². The summed E-state index contributed by atoms with van der Waals surface area (Å²) in [6, 6.07) is 15.0. The molecule has 0 saturated heterocycles. The summed E-state index contributed by atoms with van der Waals surface area (Å²) in [5.41, 5.74) is 4.51. The highest BCUT2D eigenvalue weighted by molar-refractivity contribution is 5.80. The van der Waals surface area contributed by atoms with Crippen LogP contribution in [0.2, 0.25) is 0 Å². The van der Waals surface area contributed by atoms with Gasteiger partial charge in [0.25, 0.3) is 0 Å². The van der Waals surface area contributed by atoms with Crippen LogP contribution in [0, 0.1) is 5.92 Å². The Kier molecular flexibility index (Phi) is 5.26. The van der Waals surface area contributed by atoms with E-state index in [1.807, 2.05) is 43.3 Å². The predicted molar refractivity (Wildman–Crippen MR) is 96.5 cm³/mol. The molecule has 5 nitrogen and oxygen atoms in total. The smallest absolute Gasteiger partial charge is 0.407 e. The highest BCUT2D eigenvalue weighted by Crippen LogP contribution is 2.44. The van der Waals surface area contributed by atoms with Gasteiger partial charge in [0.15, 0.2) is 0 Å². The van der Waals surface area contributed by atoms with E-state index in [-0.39, 0.29) is 18.4 Å². The summed E-state index contributed by atoms with van der Waals surface area (Å²) in [6.45, 7) is 3.77. The lowest BCUT2D eigenvalue weighted by Gasteiger charge is -2.25. The molecule has 0 radical (unpaired) electrons. The molecule has 2 atom stereocenters. The number of aliphatic carboxylic acids is 1. The average molecular weight is 352 g/mol. The molecule has 0 fully saturated rings. The number of fused-ring (bicyclic) bond motifs is 3. The fourth-order valence-corrected chi connectivity index (χ4v) is 3.44. The van der Waals surface area contributed by atoms with Crippen LogP contribution in [-0.4, -0.2) is 24.7 Å². The monoisotopic (exact) mass is 352 g/mol. The van der Waals surface area contributed by atoms with E-state index in [1.165, 1.54) is 0 Å². The first-order valence-corrected chi connectivity index (χ1v) is 8.85. The third kappa shape index (κ3) is 3.43. The second kappa shape index (κ2) is 7.60. The summed E-state index contributed by atoms with van der Waals surface area (Å²) < 4.78 is 5.37. The van der Waals surface area contributed by atoms with E-state index in [9.17, 15) is 14.7 Å². The highest BCUT2D eigenvalue weighted by Gasteiger charge is 2.29. The molecule has 1 amide bonds. The van der Waals surface area contributed by atoms with Crippen molar-refractivity contribution in [3.05, 3.63) is 59.7 Å². The summed E-state index contributed by atoms with van der Waals surface area (Å²) in [6.07, 6.45) is -0.121. The zero-order chi connectivity index (χ0) is 18.7. The predicted octanol–water partition coefficient (Wildman–Crippen LogP) is 2.69. The van der Waals surface area contributed by atoms with Gasteiger partial charge < -0.3 is 20.0 Å². The molecular weight excluding hydrogens is 330 g/mol. The molecule has 0 spiro atoms. The maximum absolute atomic E-state index is 12.1. The Labute approximate surface area is 153 Å². The van der Waals surface area contributed by atoms with E-state index >= 15 is 0 Å². The van der Waals surface area contributed by atoms with E-state index in [0.717, 1.165) is 22.3 Å². The van der Waals surface area contributed by atoms with Crippen LogP contribution in [0.15, 0.2) is 48.5 Å². The maximum Gasteiger partial charge on any atom is 0.407 e. The second-order valence-corrected chi connectivity index (χ2v) is 6.65. The number of carboxylic acids is 1. The van der Waals surface area contributed by atoms with Gasteiger partial charge in [-0.15, -0.1) is 0 Å². The van der Waals surface area contributed by atoms with Crippen LogP contribution in [0.5, 0.6) is 0 Å². The molecule has 136 valence electrons. The molecule has 5 heteroatoms. The lowest BCUT2D eigenvalue weighted by molar-refractivity contribution is -0.309. The van der Waals surface area contributed by atoms with Gasteiger partial charge in [0.1, 0.15) is 6.61 Å². The first-order chi connectivity index (χ1) is 12.5. The molecule has 1 N–H and O–H groups in total. The molecule has 0 saturated carbocycles. The quantitative estimate of drug-likeness (QED) is 0.867. The standard InChI is InChI=1S/C21H23NO4/c1-3-13(2)19(20(23)24)22-21(25)26-12-18-16-10-6-4-8-14(16)15-9-5-7-11-17(15)18/h4-11,13,18-19H,3,12H2,1-2H3,(H,22,25)(H,23,24)/p-1/t13-,19-/m0/s1. The molecule has 1 aliphatic rings. The van der Waals surface area contributed by atoms with Gasteiger partial charge in [-0.25, -0.2) is 4.79 Å². The molecule has 2 aromatic rings. The SMILES string of the molecule is CC[C@H](C)[C@H](NC(=O)OCC1c2ccccc2-c2ccccc21)C(=O)[O-]. The third-order valence-corrected chi connectivity index (χ3v) is 5.08. The molecule has 1 aliphatic carbocycles. The third-order valence-electron chi connectivity index (χ3n) is 5.08. The van der Waals surface area contributed by atoms with Gasteiger partial charge in [-0.1, -0.05) is 68.8 Å². The van der Waals surface area contributed by atoms with Gasteiger partial charge in [-0.2, -0.15) is 0 Å². The van der Waals surface area contributed by atoms with Crippen LogP contribution >= 0.6 is 0 Å². The fraction of sp³-hybridized carbons (Fsp3) is 0.333. The van der Waals surface area contributed by atoms with E-state index < -0.39 is 18.1 Å². The van der Waals surface area contributed by atoms with Crippen molar-refractivity contribution >= 4 is 12.1 Å². The molecule has 0 bridgehead atoms. The van der Waals surface area contributed by atoms with E-state index in [4.69, 9.17) is 4.74 Å². The number of nitrogens with one attached hydrogen (secondary N) is 1. The second-order valence-electron chi connectivity index (χ2n) is 6.65. The van der Waals surface area contributed by atoms with Gasteiger partial charge in [0, 0.05) is 5.92 Å². The lowest BCUT2D eigenvalue weighted by atomic mass is 9.98. The zero-order valence-corrected chi connectivity index (χ0v) is 14.9. The summed E-state index contributed by atoms with van der Waals surface area (Å²) in [5, 5.41) is 13.7. The van der Waals surface area contributed by atoms with Crippen molar-refractivity contribution in [2.24, 2.45) is 5.92 Å². The van der Waals surface area contributed by atoms with E-state index in [2.05, 4.69) is 17.4 Å². The van der Waals surface area contributed by atoms with Gasteiger partial charge in [-0.05, 0) is 28.2 Å². The molecule has 0 unspecified atom stereocenters. The number of amides is 1. The number of hydrogen-bond acceptors (Lipinski definition) is 4. The van der Waals surface area contributed by atoms with Gasteiger partial charge in [-0.3, -0.25) is 0 Å². The van der Waals surface area contributed by atoms with Crippen molar-refractivity contribution in [2.75, 3.05) is 6.61 Å². The zero-order valence-electron chi connectivity index (χ0n) is 14.9. The minimum atomic E-state index is -1.30. The summed E-state index contributed by atoms with van der Waals surface area (Å²) >= 11 is 0. The van der Waals surface area contributed by atoms with Crippen molar-refractivity contribution in [1.82, 2.24) is 5.32 Å². The normalized spacial score (nSPS) is 14.8. The molecule has 0 aromatic heterocycles. The van der Waals surface area contributed by atoms with Crippen molar-refractivity contribution in [3.8, 4) is 11.1 Å². The number of rotatable bonds is 6. The first kappa shape index (κ1) is 18.0. The number of ether oxygens (including phenoxy) is 1. The molecule has 0 aliphatic heterocycles. The molecule has 26 heavy (non-hydrogen) atoms. The van der Waals surface area contributed by atoms with Gasteiger partial charge in [0.2, 0.25) is 0 Å². The highest BCUT2D eigenvalue weighted by atomic mass is 16.5. The van der Waals surface area contributed by atoms with Crippen molar-refractivity contribution in [3.63, 3.8) is 0 Å². The van der Waals surface area contributed by atoms with Gasteiger partial charge >= 0.3 is 6.09 Å². The topological polar surface area (TPSA) is 78.5 Å². The Morgan fingerprint density at radius 3 is 2.12 bits per heavy atom. The minimum absolute atomic E-state index is 0.0573.